The lowest BCUT2D eigenvalue weighted by atomic mass is 9.49. The highest BCUT2D eigenvalue weighted by atomic mass is 16.5. The lowest BCUT2D eigenvalue weighted by Crippen LogP contribution is -2.47. The third-order valence-corrected chi connectivity index (χ3v) is 8.41. The van der Waals surface area contributed by atoms with Crippen LogP contribution < -0.4 is 0 Å². The van der Waals surface area contributed by atoms with Gasteiger partial charge in [-0.3, -0.25) is 9.78 Å². The van der Waals surface area contributed by atoms with Crippen LogP contribution in [0.15, 0.2) is 53.9 Å². The maximum atomic E-state index is 11.4. The lowest BCUT2D eigenvalue weighted by molar-refractivity contribution is -0.148. The molecule has 2 saturated carbocycles. The van der Waals surface area contributed by atoms with Gasteiger partial charge in [-0.15, -0.1) is 0 Å². The van der Waals surface area contributed by atoms with Gasteiger partial charge in [0.1, 0.15) is 6.10 Å². The first-order valence-electron chi connectivity index (χ1n) is 11.1. The molecular formula is C26H31NO2. The molecule has 4 aliphatic rings. The standard InChI is InChI=1S/C26H31NO2/c1-17(28)29-20-10-12-25(2)19(15-20)6-7-21-23-9-8-22(18-5-4-14-27-16-18)26(23,3)13-11-24(21)25/h4-6,8-9,14,16,20-21,24H,7,10-13,15H2,1-3H3/t20-,21-,24?,25-,26+/m0/s1. The molecule has 0 radical (unpaired) electrons. The Hall–Kier alpha value is -2.16. The summed E-state index contributed by atoms with van der Waals surface area (Å²) in [5.74, 6) is 1.17. The van der Waals surface area contributed by atoms with Crippen LogP contribution in [-0.4, -0.2) is 17.1 Å². The average Bonchev–Trinajstić information content (AvgIpc) is 3.06. The molecule has 3 nitrogen and oxygen atoms in total. The maximum absolute atomic E-state index is 11.4. The Kier molecular flexibility index (Phi) is 4.34. The Morgan fingerprint density at radius 3 is 2.83 bits per heavy atom. The van der Waals surface area contributed by atoms with Crippen LogP contribution in [0, 0.1) is 22.7 Å². The van der Waals surface area contributed by atoms with E-state index in [-0.39, 0.29) is 22.9 Å². The highest BCUT2D eigenvalue weighted by Gasteiger charge is 2.54. The predicted octanol–water partition coefficient (Wildman–Crippen LogP) is 5.89. The number of carbonyl (C=O) groups excluding carboxylic acids is 1. The van der Waals surface area contributed by atoms with Gasteiger partial charge in [0.15, 0.2) is 0 Å². The molecule has 5 atom stereocenters. The van der Waals surface area contributed by atoms with E-state index in [1.807, 2.05) is 18.5 Å². The van der Waals surface area contributed by atoms with Crippen molar-refractivity contribution in [2.45, 2.75) is 65.4 Å². The van der Waals surface area contributed by atoms with Gasteiger partial charge in [-0.05, 0) is 66.6 Å². The first-order valence-corrected chi connectivity index (χ1v) is 11.1. The summed E-state index contributed by atoms with van der Waals surface area (Å²) in [5, 5.41) is 0. The number of esters is 1. The molecule has 1 aromatic heterocycles. The summed E-state index contributed by atoms with van der Waals surface area (Å²) in [4.78, 5) is 15.8. The van der Waals surface area contributed by atoms with Gasteiger partial charge in [0.2, 0.25) is 0 Å². The molecule has 1 unspecified atom stereocenters. The number of hydrogen-bond donors (Lipinski definition) is 0. The summed E-state index contributed by atoms with van der Waals surface area (Å²) in [5.41, 5.74) is 6.27. The zero-order valence-corrected chi connectivity index (χ0v) is 17.8. The van der Waals surface area contributed by atoms with E-state index in [4.69, 9.17) is 4.74 Å². The summed E-state index contributed by atoms with van der Waals surface area (Å²) in [7, 11) is 0. The Balaban J connectivity index is 1.42. The van der Waals surface area contributed by atoms with E-state index in [0.717, 1.165) is 25.7 Å². The Morgan fingerprint density at radius 1 is 1.21 bits per heavy atom. The molecule has 0 bridgehead atoms. The molecule has 5 rings (SSSR count). The van der Waals surface area contributed by atoms with Crippen molar-refractivity contribution in [1.82, 2.24) is 4.98 Å². The first kappa shape index (κ1) is 18.8. The number of carbonyl (C=O) groups is 1. The molecule has 2 fully saturated rings. The highest BCUT2D eigenvalue weighted by molar-refractivity contribution is 5.78. The predicted molar refractivity (Wildman–Crippen MR) is 115 cm³/mol. The SMILES string of the molecule is CC(=O)O[C@H]1CC[C@@]2(C)C(=CC[C@H]3C4=CC=C(c5cccnc5)[C@@]4(C)CCC32)C1. The molecule has 1 aromatic rings. The molecule has 29 heavy (non-hydrogen) atoms. The molecule has 0 aromatic carbocycles. The minimum Gasteiger partial charge on any atom is -0.462 e. The second-order valence-corrected chi connectivity index (χ2v) is 9.88. The van der Waals surface area contributed by atoms with Crippen molar-refractivity contribution in [3.63, 3.8) is 0 Å². The lowest BCUT2D eigenvalue weighted by Gasteiger charge is -2.56. The maximum Gasteiger partial charge on any atom is 0.302 e. The molecule has 0 N–H and O–H groups in total. The van der Waals surface area contributed by atoms with Crippen LogP contribution in [0.25, 0.3) is 5.57 Å². The van der Waals surface area contributed by atoms with E-state index in [1.165, 1.54) is 30.9 Å². The van der Waals surface area contributed by atoms with Crippen molar-refractivity contribution in [1.29, 1.82) is 0 Å². The number of pyridine rings is 1. The van der Waals surface area contributed by atoms with Gasteiger partial charge < -0.3 is 4.74 Å². The van der Waals surface area contributed by atoms with E-state index in [1.54, 1.807) is 11.1 Å². The zero-order valence-electron chi connectivity index (χ0n) is 17.8. The van der Waals surface area contributed by atoms with E-state index >= 15 is 0 Å². The van der Waals surface area contributed by atoms with Crippen LogP contribution in [0.5, 0.6) is 0 Å². The van der Waals surface area contributed by atoms with Crippen molar-refractivity contribution in [3.8, 4) is 0 Å². The highest BCUT2D eigenvalue weighted by Crippen LogP contribution is 2.64. The number of ether oxygens (including phenoxy) is 1. The summed E-state index contributed by atoms with van der Waals surface area (Å²) < 4.78 is 5.56. The largest absolute Gasteiger partial charge is 0.462 e. The van der Waals surface area contributed by atoms with Crippen molar-refractivity contribution in [2.75, 3.05) is 0 Å². The molecule has 3 heteroatoms. The van der Waals surface area contributed by atoms with Gasteiger partial charge in [-0.2, -0.15) is 0 Å². The van der Waals surface area contributed by atoms with Crippen LogP contribution in [0.3, 0.4) is 0 Å². The summed E-state index contributed by atoms with van der Waals surface area (Å²) in [6.45, 7) is 6.45. The van der Waals surface area contributed by atoms with E-state index in [2.05, 4.69) is 43.1 Å². The van der Waals surface area contributed by atoms with Gasteiger partial charge in [0.05, 0.1) is 0 Å². The van der Waals surface area contributed by atoms with Crippen LogP contribution in [-0.2, 0) is 9.53 Å². The average molecular weight is 390 g/mol. The fourth-order valence-corrected chi connectivity index (χ4v) is 6.91. The Bertz CT molecular complexity index is 927. The van der Waals surface area contributed by atoms with Crippen LogP contribution in [0.4, 0.5) is 0 Å². The van der Waals surface area contributed by atoms with Crippen LogP contribution in [0.1, 0.15) is 64.9 Å². The zero-order chi connectivity index (χ0) is 20.2. The van der Waals surface area contributed by atoms with E-state index in [0.29, 0.717) is 11.8 Å². The van der Waals surface area contributed by atoms with Crippen molar-refractivity contribution < 1.29 is 9.53 Å². The van der Waals surface area contributed by atoms with Gasteiger partial charge in [-0.1, -0.05) is 49.3 Å². The second kappa shape index (κ2) is 6.68. The molecule has 0 amide bonds. The molecule has 0 spiro atoms. The van der Waals surface area contributed by atoms with Gasteiger partial charge in [0.25, 0.3) is 0 Å². The summed E-state index contributed by atoms with van der Waals surface area (Å²) >= 11 is 0. The summed E-state index contributed by atoms with van der Waals surface area (Å²) in [6.07, 6.45) is 17.8. The molecule has 0 aliphatic heterocycles. The monoisotopic (exact) mass is 389 g/mol. The molecule has 4 aliphatic carbocycles. The molecule has 152 valence electrons. The Labute approximate surface area is 173 Å². The van der Waals surface area contributed by atoms with E-state index in [9.17, 15) is 4.79 Å². The Morgan fingerprint density at radius 2 is 2.07 bits per heavy atom. The third-order valence-electron chi connectivity index (χ3n) is 8.41. The minimum atomic E-state index is -0.147. The molecule has 0 saturated heterocycles. The topological polar surface area (TPSA) is 39.2 Å². The van der Waals surface area contributed by atoms with E-state index < -0.39 is 0 Å². The van der Waals surface area contributed by atoms with Gasteiger partial charge in [0, 0.05) is 31.2 Å². The van der Waals surface area contributed by atoms with Crippen LogP contribution in [0.2, 0.25) is 0 Å². The fourth-order valence-electron chi connectivity index (χ4n) is 6.91. The van der Waals surface area contributed by atoms with Crippen molar-refractivity contribution >= 4 is 11.5 Å². The number of allylic oxidation sites excluding steroid dienone is 5. The van der Waals surface area contributed by atoms with Crippen molar-refractivity contribution in [2.24, 2.45) is 22.7 Å². The number of nitrogens with zero attached hydrogens (tertiary/aromatic N) is 1. The number of aromatic nitrogens is 1. The quantitative estimate of drug-likeness (QED) is 0.468. The molecule has 1 heterocycles. The number of hydrogen-bond acceptors (Lipinski definition) is 3. The number of rotatable bonds is 2. The first-order chi connectivity index (χ1) is 13.9. The van der Waals surface area contributed by atoms with Crippen molar-refractivity contribution in [3.05, 3.63) is 59.5 Å². The third kappa shape index (κ3) is 2.85. The smallest absolute Gasteiger partial charge is 0.302 e. The normalized spacial score (nSPS) is 38.0. The van der Waals surface area contributed by atoms with Gasteiger partial charge >= 0.3 is 5.97 Å². The minimum absolute atomic E-state index is 0.0711. The summed E-state index contributed by atoms with van der Waals surface area (Å²) in [6, 6.07) is 4.24. The fraction of sp³-hybridized carbons (Fsp3) is 0.538. The molecular weight excluding hydrogens is 358 g/mol. The van der Waals surface area contributed by atoms with Crippen LogP contribution >= 0.6 is 0 Å². The second-order valence-electron chi connectivity index (χ2n) is 9.88. The number of fused-ring (bicyclic) bond motifs is 5. The van der Waals surface area contributed by atoms with Gasteiger partial charge in [-0.25, -0.2) is 0 Å².